The van der Waals surface area contributed by atoms with E-state index in [0.29, 0.717) is 11.1 Å². The number of hydrogen-bond donors (Lipinski definition) is 0. The van der Waals surface area contributed by atoms with Crippen LogP contribution in [-0.2, 0) is 0 Å². The van der Waals surface area contributed by atoms with Crippen molar-refractivity contribution in [3.05, 3.63) is 0 Å². The molecule has 0 radical (unpaired) electrons. The molecule has 0 bridgehead atoms. The van der Waals surface area contributed by atoms with Crippen LogP contribution in [0.25, 0.3) is 0 Å². The summed E-state index contributed by atoms with van der Waals surface area (Å²) < 4.78 is 0. The lowest BCUT2D eigenvalue weighted by molar-refractivity contribution is 0.0817. The molecule has 140 valence electrons. The molecule has 3 aliphatic rings. The van der Waals surface area contributed by atoms with Gasteiger partial charge in [0.15, 0.2) is 0 Å². The fraction of sp³-hybridized carbons (Fsp3) is 1.00. The molecule has 3 heteroatoms. The van der Waals surface area contributed by atoms with Crippen molar-refractivity contribution in [3.8, 4) is 0 Å². The minimum Gasteiger partial charge on any atom is -0.303 e. The van der Waals surface area contributed by atoms with Gasteiger partial charge in [0.2, 0.25) is 0 Å². The topological polar surface area (TPSA) is 9.72 Å². The van der Waals surface area contributed by atoms with Crippen molar-refractivity contribution in [2.24, 2.45) is 17.8 Å². The Morgan fingerprint density at radius 2 is 1.21 bits per heavy atom. The molecule has 3 aliphatic heterocycles. The van der Waals surface area contributed by atoms with Crippen LogP contribution in [0.1, 0.15) is 60.8 Å². The SMILES string of the molecule is CC(C)(C)N1CCC(CCN2CC3CN(C(C)(C)C)CC3C2)CC1. The largest absolute Gasteiger partial charge is 0.303 e. The van der Waals surface area contributed by atoms with Crippen LogP contribution in [0.3, 0.4) is 0 Å². The third-order valence-electron chi connectivity index (χ3n) is 6.93. The molecule has 24 heavy (non-hydrogen) atoms. The molecule has 0 aliphatic carbocycles. The number of fused-ring (bicyclic) bond motifs is 1. The highest BCUT2D eigenvalue weighted by Gasteiger charge is 2.42. The van der Waals surface area contributed by atoms with Crippen LogP contribution in [0, 0.1) is 17.8 Å². The molecule has 3 rings (SSSR count). The van der Waals surface area contributed by atoms with Gasteiger partial charge in [0.05, 0.1) is 0 Å². The first-order valence-corrected chi connectivity index (χ1v) is 10.4. The zero-order valence-corrected chi connectivity index (χ0v) is 17.1. The molecule has 0 aromatic heterocycles. The lowest BCUT2D eigenvalue weighted by atomic mass is 9.90. The maximum absolute atomic E-state index is 2.78. The Kier molecular flexibility index (Phi) is 5.36. The zero-order chi connectivity index (χ0) is 17.5. The van der Waals surface area contributed by atoms with Crippen LogP contribution >= 0.6 is 0 Å². The van der Waals surface area contributed by atoms with E-state index >= 15 is 0 Å². The van der Waals surface area contributed by atoms with Crippen molar-refractivity contribution >= 4 is 0 Å². The minimum absolute atomic E-state index is 0.357. The third-order valence-corrected chi connectivity index (χ3v) is 6.93. The summed E-state index contributed by atoms with van der Waals surface area (Å²) in [6, 6.07) is 0. The van der Waals surface area contributed by atoms with Crippen molar-refractivity contribution in [2.75, 3.05) is 45.8 Å². The van der Waals surface area contributed by atoms with Gasteiger partial charge in [-0.2, -0.15) is 0 Å². The second-order valence-corrected chi connectivity index (χ2v) is 10.7. The number of nitrogens with zero attached hydrogens (tertiary/aromatic N) is 3. The average molecular weight is 336 g/mol. The highest BCUT2D eigenvalue weighted by atomic mass is 15.3. The predicted molar refractivity (Wildman–Crippen MR) is 103 cm³/mol. The van der Waals surface area contributed by atoms with Gasteiger partial charge >= 0.3 is 0 Å². The summed E-state index contributed by atoms with van der Waals surface area (Å²) in [5, 5.41) is 0. The van der Waals surface area contributed by atoms with E-state index in [1.807, 2.05) is 0 Å². The highest BCUT2D eigenvalue weighted by molar-refractivity contribution is 4.96. The summed E-state index contributed by atoms with van der Waals surface area (Å²) in [6.45, 7) is 23.5. The van der Waals surface area contributed by atoms with Crippen molar-refractivity contribution in [2.45, 2.75) is 71.9 Å². The standard InChI is InChI=1S/C21H41N3/c1-20(2,3)23-11-8-17(9-12-23)7-10-22-13-18-15-24(21(4,5)6)16-19(18)14-22/h17-19H,7-16H2,1-6H3. The molecular formula is C21H41N3. The molecule has 0 amide bonds. The van der Waals surface area contributed by atoms with Gasteiger partial charge in [0, 0.05) is 37.3 Å². The lowest BCUT2D eigenvalue weighted by Gasteiger charge is -2.41. The van der Waals surface area contributed by atoms with Crippen molar-refractivity contribution in [3.63, 3.8) is 0 Å². The maximum Gasteiger partial charge on any atom is 0.0125 e. The molecule has 2 atom stereocenters. The van der Waals surface area contributed by atoms with Crippen molar-refractivity contribution in [1.29, 1.82) is 0 Å². The van der Waals surface area contributed by atoms with Gasteiger partial charge in [-0.1, -0.05) is 0 Å². The second-order valence-electron chi connectivity index (χ2n) is 10.7. The van der Waals surface area contributed by atoms with Crippen molar-refractivity contribution in [1.82, 2.24) is 14.7 Å². The van der Waals surface area contributed by atoms with E-state index in [-0.39, 0.29) is 0 Å². The number of piperidine rings is 1. The quantitative estimate of drug-likeness (QED) is 0.781. The zero-order valence-electron chi connectivity index (χ0n) is 17.1. The summed E-state index contributed by atoms with van der Waals surface area (Å²) in [6.07, 6.45) is 4.26. The van der Waals surface area contributed by atoms with Gasteiger partial charge in [0.1, 0.15) is 0 Å². The smallest absolute Gasteiger partial charge is 0.0125 e. The summed E-state index contributed by atoms with van der Waals surface area (Å²) in [4.78, 5) is 8.16. The van der Waals surface area contributed by atoms with Gasteiger partial charge in [0.25, 0.3) is 0 Å². The molecule has 0 N–H and O–H groups in total. The third kappa shape index (κ3) is 4.34. The molecule has 2 unspecified atom stereocenters. The molecule has 3 nitrogen and oxygen atoms in total. The van der Waals surface area contributed by atoms with Crippen LogP contribution in [0.5, 0.6) is 0 Å². The Bertz CT molecular complexity index is 398. The van der Waals surface area contributed by atoms with Crippen LogP contribution < -0.4 is 0 Å². The molecule has 3 fully saturated rings. The van der Waals surface area contributed by atoms with Gasteiger partial charge in [-0.05, 0) is 98.2 Å². The minimum atomic E-state index is 0.357. The Morgan fingerprint density at radius 3 is 1.67 bits per heavy atom. The Hall–Kier alpha value is -0.120. The first-order chi connectivity index (χ1) is 11.1. The highest BCUT2D eigenvalue weighted by Crippen LogP contribution is 2.35. The van der Waals surface area contributed by atoms with Crippen LogP contribution in [0.15, 0.2) is 0 Å². The molecule has 0 spiro atoms. The first kappa shape index (κ1) is 18.7. The molecule has 0 aromatic carbocycles. The molecular weight excluding hydrogens is 294 g/mol. The van der Waals surface area contributed by atoms with E-state index in [2.05, 4.69) is 56.2 Å². The maximum atomic E-state index is 2.78. The number of rotatable bonds is 3. The lowest BCUT2D eigenvalue weighted by Crippen LogP contribution is -2.46. The first-order valence-electron chi connectivity index (χ1n) is 10.4. The van der Waals surface area contributed by atoms with Crippen LogP contribution in [0.4, 0.5) is 0 Å². The molecule has 3 heterocycles. The fourth-order valence-electron chi connectivity index (χ4n) is 5.08. The van der Waals surface area contributed by atoms with Gasteiger partial charge < -0.3 is 4.90 Å². The Balaban J connectivity index is 1.37. The van der Waals surface area contributed by atoms with E-state index in [1.54, 1.807) is 0 Å². The van der Waals surface area contributed by atoms with E-state index < -0.39 is 0 Å². The normalized spacial score (nSPS) is 31.8. The second kappa shape index (κ2) is 6.89. The Morgan fingerprint density at radius 1 is 0.708 bits per heavy atom. The van der Waals surface area contributed by atoms with E-state index in [4.69, 9.17) is 0 Å². The van der Waals surface area contributed by atoms with Gasteiger partial charge in [-0.3, -0.25) is 9.80 Å². The van der Waals surface area contributed by atoms with Gasteiger partial charge in [-0.25, -0.2) is 0 Å². The average Bonchev–Trinajstić information content (AvgIpc) is 3.02. The summed E-state index contributed by atoms with van der Waals surface area (Å²) in [7, 11) is 0. The van der Waals surface area contributed by atoms with Crippen molar-refractivity contribution < 1.29 is 0 Å². The Labute approximate surface area is 150 Å². The van der Waals surface area contributed by atoms with Gasteiger partial charge in [-0.15, -0.1) is 0 Å². The summed E-state index contributed by atoms with van der Waals surface area (Å²) >= 11 is 0. The van der Waals surface area contributed by atoms with Crippen LogP contribution in [0.2, 0.25) is 0 Å². The molecule has 0 aromatic rings. The molecule has 0 saturated carbocycles. The van der Waals surface area contributed by atoms with E-state index in [0.717, 1.165) is 17.8 Å². The number of hydrogen-bond acceptors (Lipinski definition) is 3. The number of likely N-dealkylation sites (tertiary alicyclic amines) is 3. The molecule has 3 saturated heterocycles. The van der Waals surface area contributed by atoms with Crippen LogP contribution in [-0.4, -0.2) is 71.6 Å². The summed E-state index contributed by atoms with van der Waals surface area (Å²) in [5.74, 6) is 2.84. The summed E-state index contributed by atoms with van der Waals surface area (Å²) in [5.41, 5.74) is 0.715. The predicted octanol–water partition coefficient (Wildman–Crippen LogP) is 3.55. The fourth-order valence-corrected chi connectivity index (χ4v) is 5.08. The van der Waals surface area contributed by atoms with E-state index in [9.17, 15) is 0 Å². The monoisotopic (exact) mass is 335 g/mol. The van der Waals surface area contributed by atoms with E-state index in [1.165, 1.54) is 65.1 Å².